The van der Waals surface area contributed by atoms with Gasteiger partial charge in [0.2, 0.25) is 0 Å². The molecule has 2 aromatic carbocycles. The van der Waals surface area contributed by atoms with Crippen LogP contribution in [0.2, 0.25) is 0 Å². The zero-order valence-corrected chi connectivity index (χ0v) is 10.7. The summed E-state index contributed by atoms with van der Waals surface area (Å²) in [6, 6.07) is 14.6. The summed E-state index contributed by atoms with van der Waals surface area (Å²) in [6.45, 7) is 2.93. The first-order valence-electron chi connectivity index (χ1n) is 6.63. The summed E-state index contributed by atoms with van der Waals surface area (Å²) in [5.41, 5.74) is 0.220. The van der Waals surface area contributed by atoms with Gasteiger partial charge in [0.15, 0.2) is 0 Å². The highest BCUT2D eigenvalue weighted by atomic mass is 16.3. The first kappa shape index (κ1) is 11.7. The van der Waals surface area contributed by atoms with E-state index >= 15 is 0 Å². The van der Waals surface area contributed by atoms with E-state index in [9.17, 15) is 5.11 Å². The van der Waals surface area contributed by atoms with Gasteiger partial charge in [-0.05, 0) is 42.6 Å². The van der Waals surface area contributed by atoms with Gasteiger partial charge in [-0.15, -0.1) is 0 Å². The number of aliphatic hydroxyl groups is 1. The summed E-state index contributed by atoms with van der Waals surface area (Å²) in [7, 11) is 0. The lowest BCUT2D eigenvalue weighted by Gasteiger charge is -2.31. The molecule has 1 heterocycles. The third-order valence-electron chi connectivity index (χ3n) is 4.07. The van der Waals surface area contributed by atoms with Crippen molar-refractivity contribution in [3.63, 3.8) is 0 Å². The predicted molar refractivity (Wildman–Crippen MR) is 74.5 cm³/mol. The zero-order valence-electron chi connectivity index (χ0n) is 10.7. The van der Waals surface area contributed by atoms with E-state index < -0.39 is 5.60 Å². The van der Waals surface area contributed by atoms with Crippen LogP contribution in [0.25, 0.3) is 10.8 Å². The van der Waals surface area contributed by atoms with Crippen LogP contribution < -0.4 is 5.32 Å². The first-order valence-corrected chi connectivity index (χ1v) is 6.63. The van der Waals surface area contributed by atoms with Gasteiger partial charge >= 0.3 is 0 Å². The Balaban J connectivity index is 2.13. The van der Waals surface area contributed by atoms with Gasteiger partial charge in [0, 0.05) is 6.04 Å². The van der Waals surface area contributed by atoms with Crippen molar-refractivity contribution in [2.75, 3.05) is 6.54 Å². The van der Waals surface area contributed by atoms with E-state index in [-0.39, 0.29) is 6.04 Å². The third-order valence-corrected chi connectivity index (χ3v) is 4.07. The zero-order chi connectivity index (χ0) is 12.6. The lowest BCUT2D eigenvalue weighted by atomic mass is 9.84. The van der Waals surface area contributed by atoms with E-state index in [4.69, 9.17) is 0 Å². The Morgan fingerprint density at radius 1 is 1.17 bits per heavy atom. The molecule has 1 fully saturated rings. The van der Waals surface area contributed by atoms with E-state index in [1.165, 1.54) is 5.39 Å². The molecule has 0 unspecified atom stereocenters. The smallest absolute Gasteiger partial charge is 0.103 e. The highest BCUT2D eigenvalue weighted by Crippen LogP contribution is 2.34. The van der Waals surface area contributed by atoms with E-state index in [0.717, 1.165) is 30.3 Å². The van der Waals surface area contributed by atoms with Gasteiger partial charge in [-0.3, -0.25) is 0 Å². The number of benzene rings is 2. The molecule has 2 atom stereocenters. The SMILES string of the molecule is C[C@@](O)(c1cccc2ccccc12)[C@@H]1CCCN1. The molecule has 2 N–H and O–H groups in total. The van der Waals surface area contributed by atoms with Crippen LogP contribution in [0.15, 0.2) is 42.5 Å². The topological polar surface area (TPSA) is 32.3 Å². The van der Waals surface area contributed by atoms with E-state index in [1.54, 1.807) is 0 Å². The Morgan fingerprint density at radius 3 is 2.72 bits per heavy atom. The van der Waals surface area contributed by atoms with Gasteiger partial charge in [0.1, 0.15) is 5.60 Å². The molecule has 0 amide bonds. The third kappa shape index (κ3) is 1.82. The Morgan fingerprint density at radius 2 is 1.94 bits per heavy atom. The van der Waals surface area contributed by atoms with Crippen LogP contribution in [0, 0.1) is 0 Å². The number of fused-ring (bicyclic) bond motifs is 1. The maximum absolute atomic E-state index is 10.9. The van der Waals surface area contributed by atoms with Crippen LogP contribution in [0.5, 0.6) is 0 Å². The molecule has 0 aromatic heterocycles. The molecule has 0 radical (unpaired) electrons. The number of nitrogens with one attached hydrogen (secondary N) is 1. The summed E-state index contributed by atoms with van der Waals surface area (Å²) in [6.07, 6.45) is 2.18. The first-order chi connectivity index (χ1) is 8.69. The summed E-state index contributed by atoms with van der Waals surface area (Å²) in [5, 5.41) is 16.7. The fraction of sp³-hybridized carbons (Fsp3) is 0.375. The van der Waals surface area contributed by atoms with E-state index in [2.05, 4.69) is 23.5 Å². The Bertz CT molecular complexity index is 551. The van der Waals surface area contributed by atoms with E-state index in [1.807, 2.05) is 31.2 Å². The minimum Gasteiger partial charge on any atom is -0.384 e. The minimum absolute atomic E-state index is 0.156. The molecular formula is C16H19NO. The van der Waals surface area contributed by atoms with E-state index in [0.29, 0.717) is 0 Å². The van der Waals surface area contributed by atoms with Crippen LogP contribution in [0.3, 0.4) is 0 Å². The quantitative estimate of drug-likeness (QED) is 0.847. The Hall–Kier alpha value is -1.38. The van der Waals surface area contributed by atoms with Crippen molar-refractivity contribution in [3.8, 4) is 0 Å². The molecule has 1 aliphatic rings. The average Bonchev–Trinajstić information content (AvgIpc) is 2.92. The molecule has 0 aliphatic carbocycles. The summed E-state index contributed by atoms with van der Waals surface area (Å²) in [5.74, 6) is 0. The van der Waals surface area contributed by atoms with Gasteiger partial charge < -0.3 is 10.4 Å². The molecular weight excluding hydrogens is 222 g/mol. The minimum atomic E-state index is -0.808. The Kier molecular flexibility index (Phi) is 2.84. The molecule has 94 valence electrons. The van der Waals surface area contributed by atoms with Crippen LogP contribution >= 0.6 is 0 Å². The molecule has 1 saturated heterocycles. The maximum atomic E-state index is 10.9. The van der Waals surface area contributed by atoms with Crippen molar-refractivity contribution < 1.29 is 5.11 Å². The van der Waals surface area contributed by atoms with Crippen molar-refractivity contribution >= 4 is 10.8 Å². The normalized spacial score (nSPS) is 23.1. The summed E-state index contributed by atoms with van der Waals surface area (Å²) >= 11 is 0. The molecule has 2 nitrogen and oxygen atoms in total. The molecule has 0 spiro atoms. The van der Waals surface area contributed by atoms with Gasteiger partial charge in [-0.25, -0.2) is 0 Å². The van der Waals surface area contributed by atoms with Gasteiger partial charge in [0.25, 0.3) is 0 Å². The highest BCUT2D eigenvalue weighted by Gasteiger charge is 2.36. The fourth-order valence-electron chi connectivity index (χ4n) is 3.02. The number of hydrogen-bond acceptors (Lipinski definition) is 2. The van der Waals surface area contributed by atoms with Crippen molar-refractivity contribution in [1.82, 2.24) is 5.32 Å². The predicted octanol–water partition coefficient (Wildman–Crippen LogP) is 2.80. The van der Waals surface area contributed by atoms with Crippen molar-refractivity contribution in [1.29, 1.82) is 0 Å². The van der Waals surface area contributed by atoms with Crippen molar-refractivity contribution in [2.45, 2.75) is 31.4 Å². The van der Waals surface area contributed by atoms with Crippen LogP contribution in [-0.2, 0) is 5.60 Å². The molecule has 0 saturated carbocycles. The Labute approximate surface area is 108 Å². The molecule has 2 aromatic rings. The molecule has 3 rings (SSSR count). The second-order valence-electron chi connectivity index (χ2n) is 5.32. The molecule has 2 heteroatoms. The van der Waals surface area contributed by atoms with Crippen molar-refractivity contribution in [3.05, 3.63) is 48.0 Å². The van der Waals surface area contributed by atoms with Crippen molar-refractivity contribution in [2.24, 2.45) is 0 Å². The van der Waals surface area contributed by atoms with Gasteiger partial charge in [-0.1, -0.05) is 42.5 Å². The molecule has 1 aliphatic heterocycles. The van der Waals surface area contributed by atoms with Crippen LogP contribution in [0.4, 0.5) is 0 Å². The second-order valence-corrected chi connectivity index (χ2v) is 5.32. The second kappa shape index (κ2) is 4.38. The summed E-state index contributed by atoms with van der Waals surface area (Å²) in [4.78, 5) is 0. The van der Waals surface area contributed by atoms with Gasteiger partial charge in [0.05, 0.1) is 0 Å². The van der Waals surface area contributed by atoms with Crippen LogP contribution in [0.1, 0.15) is 25.3 Å². The monoisotopic (exact) mass is 241 g/mol. The van der Waals surface area contributed by atoms with Crippen LogP contribution in [-0.4, -0.2) is 17.7 Å². The van der Waals surface area contributed by atoms with Gasteiger partial charge in [-0.2, -0.15) is 0 Å². The maximum Gasteiger partial charge on any atom is 0.103 e. The lowest BCUT2D eigenvalue weighted by molar-refractivity contribution is 0.0233. The standard InChI is InChI=1S/C16H19NO/c1-16(18,15-10-5-11-17-15)14-9-4-7-12-6-2-3-8-13(12)14/h2-4,6-9,15,17-18H,5,10-11H2,1H3/t15-,16+/m0/s1. The molecule has 18 heavy (non-hydrogen) atoms. The summed E-state index contributed by atoms with van der Waals surface area (Å²) < 4.78 is 0. The number of hydrogen-bond donors (Lipinski definition) is 2. The average molecular weight is 241 g/mol. The number of rotatable bonds is 2. The largest absolute Gasteiger partial charge is 0.384 e. The highest BCUT2D eigenvalue weighted by molar-refractivity contribution is 5.86. The fourth-order valence-corrected chi connectivity index (χ4v) is 3.02. The lowest BCUT2D eigenvalue weighted by Crippen LogP contribution is -2.43. The molecule has 0 bridgehead atoms.